The van der Waals surface area contributed by atoms with Crippen molar-refractivity contribution in [2.45, 2.75) is 38.3 Å². The molecule has 0 bridgehead atoms. The van der Waals surface area contributed by atoms with Crippen LogP contribution in [-0.2, 0) is 16.1 Å². The number of anilines is 2. The van der Waals surface area contributed by atoms with E-state index in [2.05, 4.69) is 26.1 Å². The smallest absolute Gasteiger partial charge is 0.255 e. The van der Waals surface area contributed by atoms with Crippen LogP contribution in [0.3, 0.4) is 0 Å². The van der Waals surface area contributed by atoms with Crippen molar-refractivity contribution in [2.24, 2.45) is 5.92 Å². The Labute approximate surface area is 321 Å². The molecule has 1 unspecified atom stereocenters. The number of hydrogen-bond acceptors (Lipinski definition) is 10. The third kappa shape index (κ3) is 7.09. The number of pyridine rings is 1. The number of nitrogens with one attached hydrogen (secondary N) is 1. The van der Waals surface area contributed by atoms with Crippen LogP contribution in [0.1, 0.15) is 41.6 Å². The summed E-state index contributed by atoms with van der Waals surface area (Å²) in [7, 11) is 0. The Morgan fingerprint density at radius 3 is 2.42 bits per heavy atom. The van der Waals surface area contributed by atoms with Crippen LogP contribution in [0.15, 0.2) is 79.0 Å². The predicted octanol–water partition coefficient (Wildman–Crippen LogP) is 6.40. The first kappa shape index (κ1) is 35.2. The molecule has 13 heteroatoms. The van der Waals surface area contributed by atoms with Gasteiger partial charge in [-0.25, -0.2) is 9.37 Å². The average Bonchev–Trinajstić information content (AvgIpc) is 3.71. The van der Waals surface area contributed by atoms with Crippen molar-refractivity contribution < 1.29 is 28.6 Å². The van der Waals surface area contributed by atoms with Gasteiger partial charge in [-0.1, -0.05) is 12.1 Å². The minimum absolute atomic E-state index is 0.141. The van der Waals surface area contributed by atoms with Crippen molar-refractivity contribution in [3.8, 4) is 27.7 Å². The number of rotatable bonds is 8. The molecule has 0 saturated carbocycles. The van der Waals surface area contributed by atoms with E-state index in [9.17, 15) is 23.9 Å². The number of phenols is 1. The zero-order valence-corrected chi connectivity index (χ0v) is 31.1. The van der Waals surface area contributed by atoms with E-state index in [1.807, 2.05) is 30.3 Å². The molecular weight excluding hydrogens is 720 g/mol. The van der Waals surface area contributed by atoms with Crippen LogP contribution < -0.4 is 19.9 Å². The topological polar surface area (TPSA) is 119 Å². The Hall–Kier alpha value is -5.53. The summed E-state index contributed by atoms with van der Waals surface area (Å²) in [6.45, 7) is 7.12. The lowest BCUT2D eigenvalue weighted by Crippen LogP contribution is -2.52. The van der Waals surface area contributed by atoms with Crippen LogP contribution in [0, 0.1) is 11.7 Å². The van der Waals surface area contributed by atoms with Crippen LogP contribution in [-0.4, -0.2) is 89.5 Å². The molecule has 282 valence electrons. The molecule has 5 aromatic rings. The van der Waals surface area contributed by atoms with E-state index < -0.39 is 6.04 Å². The summed E-state index contributed by atoms with van der Waals surface area (Å²) in [4.78, 5) is 51.7. The molecule has 11 nitrogen and oxygen atoms in total. The molecule has 1 atom stereocenters. The fourth-order valence-corrected chi connectivity index (χ4v) is 9.52. The SMILES string of the molecule is O=C1CCC(N2Cc3cc(N4CCN(CC5CCN(c6ccc(Oc7c(-c8ccc(F)cc8)sc8cc(O)ccc78)cn6)CC5)CC4)ccc3C2=O)C(=O)N1. The van der Waals surface area contributed by atoms with Gasteiger partial charge in [0.1, 0.15) is 29.2 Å². The van der Waals surface area contributed by atoms with E-state index in [0.29, 0.717) is 35.9 Å². The number of halogens is 1. The van der Waals surface area contributed by atoms with E-state index in [1.165, 1.54) is 23.5 Å². The maximum atomic E-state index is 13.7. The molecule has 2 aromatic heterocycles. The van der Waals surface area contributed by atoms with Crippen molar-refractivity contribution in [3.63, 3.8) is 0 Å². The van der Waals surface area contributed by atoms with Crippen molar-refractivity contribution >= 4 is 50.6 Å². The molecular formula is C42H41FN6O5S. The number of phenolic OH excluding ortho intramolecular Hbond substituents is 1. The Morgan fingerprint density at radius 1 is 0.873 bits per heavy atom. The number of imide groups is 1. The lowest BCUT2D eigenvalue weighted by molar-refractivity contribution is -0.136. The summed E-state index contributed by atoms with van der Waals surface area (Å²) < 4.78 is 21.0. The van der Waals surface area contributed by atoms with E-state index in [1.54, 1.807) is 35.4 Å². The highest BCUT2D eigenvalue weighted by atomic mass is 32.1. The number of benzene rings is 3. The van der Waals surface area contributed by atoms with Gasteiger partial charge in [0.15, 0.2) is 5.75 Å². The number of hydrogen-bond donors (Lipinski definition) is 2. The first-order chi connectivity index (χ1) is 26.8. The first-order valence-corrected chi connectivity index (χ1v) is 19.7. The van der Waals surface area contributed by atoms with Crippen molar-refractivity contribution in [2.75, 3.05) is 55.6 Å². The minimum atomic E-state index is -0.603. The number of amides is 3. The van der Waals surface area contributed by atoms with Gasteiger partial charge in [0.05, 0.1) is 11.1 Å². The zero-order chi connectivity index (χ0) is 37.6. The Balaban J connectivity index is 0.769. The molecule has 3 aromatic carbocycles. The maximum Gasteiger partial charge on any atom is 0.255 e. The van der Waals surface area contributed by atoms with Crippen molar-refractivity contribution in [3.05, 3.63) is 95.9 Å². The van der Waals surface area contributed by atoms with Crippen LogP contribution in [0.5, 0.6) is 17.2 Å². The van der Waals surface area contributed by atoms with Crippen molar-refractivity contribution in [1.29, 1.82) is 0 Å². The van der Waals surface area contributed by atoms with Crippen LogP contribution in [0.4, 0.5) is 15.9 Å². The van der Waals surface area contributed by atoms with Gasteiger partial charge in [-0.15, -0.1) is 11.3 Å². The minimum Gasteiger partial charge on any atom is -0.508 e. The summed E-state index contributed by atoms with van der Waals surface area (Å²) in [6, 6.07) is 20.9. The second-order valence-corrected chi connectivity index (χ2v) is 15.9. The highest BCUT2D eigenvalue weighted by Gasteiger charge is 2.39. The van der Waals surface area contributed by atoms with Gasteiger partial charge in [0.25, 0.3) is 5.91 Å². The highest BCUT2D eigenvalue weighted by molar-refractivity contribution is 7.22. The lowest BCUT2D eigenvalue weighted by Gasteiger charge is -2.40. The van der Waals surface area contributed by atoms with Gasteiger partial charge in [0.2, 0.25) is 11.8 Å². The summed E-state index contributed by atoms with van der Waals surface area (Å²) in [5.74, 6) is 1.88. The summed E-state index contributed by atoms with van der Waals surface area (Å²) in [6.07, 6.45) is 4.56. The second-order valence-electron chi connectivity index (χ2n) is 14.9. The second kappa shape index (κ2) is 14.6. The third-order valence-corrected chi connectivity index (χ3v) is 12.6. The van der Waals surface area contributed by atoms with Gasteiger partial charge >= 0.3 is 0 Å². The summed E-state index contributed by atoms with van der Waals surface area (Å²) >= 11 is 1.49. The third-order valence-electron chi connectivity index (χ3n) is 11.4. The summed E-state index contributed by atoms with van der Waals surface area (Å²) in [5, 5.41) is 13.3. The molecule has 0 aliphatic carbocycles. The van der Waals surface area contributed by atoms with Gasteiger partial charge < -0.3 is 24.5 Å². The molecule has 3 amide bonds. The number of piperidine rings is 2. The highest BCUT2D eigenvalue weighted by Crippen LogP contribution is 2.47. The average molecular weight is 761 g/mol. The van der Waals surface area contributed by atoms with E-state index >= 15 is 0 Å². The molecule has 6 heterocycles. The standard InChI is InChI=1S/C42H41FN6O5S/c43-29-3-1-27(2-4-29)40-39(34-9-6-31(50)22-36(34)55-40)54-32-7-11-37(44-23-32)48-15-13-26(14-16-48)24-46-17-19-47(20-18-46)30-5-8-33-28(21-30)25-49(42(33)53)35-10-12-38(51)45-41(35)52/h1-9,11,21-23,26,35,50H,10,12-20,24-25H2,(H,45,51,52). The number of aromatic nitrogens is 1. The number of nitrogens with zero attached hydrogens (tertiary/aromatic N) is 5. The molecule has 0 spiro atoms. The van der Waals surface area contributed by atoms with Crippen LogP contribution >= 0.6 is 11.3 Å². The van der Waals surface area contributed by atoms with E-state index in [-0.39, 0.29) is 35.7 Å². The number of carbonyl (C=O) groups excluding carboxylic acids is 3. The fourth-order valence-electron chi connectivity index (χ4n) is 8.35. The molecule has 9 rings (SSSR count). The van der Waals surface area contributed by atoms with Gasteiger partial charge in [-0.3, -0.25) is 24.6 Å². The molecule has 55 heavy (non-hydrogen) atoms. The van der Waals surface area contributed by atoms with Gasteiger partial charge in [0, 0.05) is 80.1 Å². The Morgan fingerprint density at radius 2 is 1.67 bits per heavy atom. The normalized spacial score (nSPS) is 19.6. The molecule has 4 aliphatic rings. The first-order valence-electron chi connectivity index (χ1n) is 18.9. The molecule has 2 N–H and O–H groups in total. The lowest BCUT2D eigenvalue weighted by atomic mass is 9.96. The van der Waals surface area contributed by atoms with Gasteiger partial charge in [-0.2, -0.15) is 0 Å². The number of piperazine rings is 1. The van der Waals surface area contributed by atoms with Crippen LogP contribution in [0.25, 0.3) is 20.5 Å². The largest absolute Gasteiger partial charge is 0.508 e. The molecule has 3 fully saturated rings. The van der Waals surface area contributed by atoms with Crippen molar-refractivity contribution in [1.82, 2.24) is 20.1 Å². The number of ether oxygens (including phenoxy) is 1. The fraction of sp³-hybridized carbons (Fsp3) is 0.333. The molecule has 4 aliphatic heterocycles. The quantitative estimate of drug-likeness (QED) is 0.173. The summed E-state index contributed by atoms with van der Waals surface area (Å²) in [5.41, 5.74) is 3.52. The maximum absolute atomic E-state index is 13.7. The number of carbonyl (C=O) groups is 3. The Bertz CT molecular complexity index is 2260. The number of thiophene rings is 1. The van der Waals surface area contributed by atoms with Crippen LogP contribution in [0.2, 0.25) is 0 Å². The van der Waals surface area contributed by atoms with Gasteiger partial charge in [-0.05, 0) is 97.0 Å². The van der Waals surface area contributed by atoms with E-state index in [0.717, 1.165) is 96.3 Å². The molecule has 3 saturated heterocycles. The zero-order valence-electron chi connectivity index (χ0n) is 30.2. The predicted molar refractivity (Wildman–Crippen MR) is 209 cm³/mol. The monoisotopic (exact) mass is 760 g/mol. The number of fused-ring (bicyclic) bond motifs is 2. The molecule has 0 radical (unpaired) electrons. The van der Waals surface area contributed by atoms with E-state index in [4.69, 9.17) is 9.72 Å². The Kier molecular flexibility index (Phi) is 9.35. The number of aromatic hydroxyl groups is 1.